The molecule has 0 bridgehead atoms. The van der Waals surface area contributed by atoms with Gasteiger partial charge in [-0.25, -0.2) is 0 Å². The molecule has 13 nitrogen and oxygen atoms in total. The summed E-state index contributed by atoms with van der Waals surface area (Å²) in [5.74, 6) is -1.59. The van der Waals surface area contributed by atoms with E-state index >= 15 is 0 Å². The summed E-state index contributed by atoms with van der Waals surface area (Å²) < 4.78 is 0. The third kappa shape index (κ3) is 11.7. The van der Waals surface area contributed by atoms with E-state index in [2.05, 4.69) is 38.3 Å². The van der Waals surface area contributed by atoms with E-state index in [0.29, 0.717) is 63.2 Å². The zero-order valence-corrected chi connectivity index (χ0v) is 35.8. The number of rotatable bonds is 13. The Bertz CT molecular complexity index is 1850. The van der Waals surface area contributed by atoms with Crippen molar-refractivity contribution in [1.82, 2.24) is 20.4 Å². The second kappa shape index (κ2) is 18.9. The quantitative estimate of drug-likeness (QED) is 0.169. The Morgan fingerprint density at radius 1 is 0.593 bits per heavy atom. The number of nitrogens with zero attached hydrogens (tertiary/aromatic N) is 3. The lowest BCUT2D eigenvalue weighted by molar-refractivity contribution is -0.142. The second-order valence-electron chi connectivity index (χ2n) is 17.9. The second-order valence-corrected chi connectivity index (χ2v) is 17.9. The van der Waals surface area contributed by atoms with Crippen LogP contribution in [-0.4, -0.2) is 82.5 Å². The molecule has 2 fully saturated rings. The molecule has 2 heterocycles. The Morgan fingerprint density at radius 3 is 1.31 bits per heavy atom. The molecule has 0 radical (unpaired) electrons. The van der Waals surface area contributed by atoms with Crippen LogP contribution in [0.3, 0.4) is 0 Å². The smallest absolute Gasteiger partial charge is 0.247 e. The van der Waals surface area contributed by atoms with Crippen molar-refractivity contribution in [2.75, 3.05) is 28.6 Å². The summed E-state index contributed by atoms with van der Waals surface area (Å²) in [5, 5.41) is 11.6. The number of likely N-dealkylation sites (tertiary alicyclic amines) is 2. The maximum absolute atomic E-state index is 13.6. The number of carbonyl (C=O) groups excluding carboxylic acids is 6. The molecule has 3 aromatic carbocycles. The fourth-order valence-electron chi connectivity index (χ4n) is 7.80. The van der Waals surface area contributed by atoms with E-state index in [-0.39, 0.29) is 35.4 Å². The van der Waals surface area contributed by atoms with Crippen molar-refractivity contribution in [2.45, 2.75) is 118 Å². The summed E-state index contributed by atoms with van der Waals surface area (Å²) >= 11 is 0. The van der Waals surface area contributed by atoms with E-state index in [1.54, 1.807) is 9.80 Å². The molecule has 13 heteroatoms. The normalized spacial score (nSPS) is 17.8. The molecule has 2 saturated heterocycles. The first-order valence-corrected chi connectivity index (χ1v) is 20.6. The molecular weight excluding hydrogens is 747 g/mol. The molecular formula is C46H61N7O6. The number of hydrogen-bond donors (Lipinski definition) is 4. The predicted octanol–water partition coefficient (Wildman–Crippen LogP) is 5.85. The number of nitrogens with one attached hydrogen (secondary N) is 4. The average Bonchev–Trinajstić information content (AvgIpc) is 3.88. The van der Waals surface area contributed by atoms with Gasteiger partial charge >= 0.3 is 0 Å². The van der Waals surface area contributed by atoms with Crippen molar-refractivity contribution in [3.63, 3.8) is 0 Å². The number of benzene rings is 3. The van der Waals surface area contributed by atoms with E-state index in [1.807, 2.05) is 108 Å². The zero-order chi connectivity index (χ0) is 43.1. The van der Waals surface area contributed by atoms with Crippen LogP contribution in [0, 0.1) is 10.8 Å². The van der Waals surface area contributed by atoms with Gasteiger partial charge in [-0.3, -0.25) is 28.8 Å². The Hall–Kier alpha value is -5.72. The molecule has 2 aliphatic rings. The Morgan fingerprint density at radius 2 is 0.966 bits per heavy atom. The highest BCUT2D eigenvalue weighted by molar-refractivity contribution is 6.00. The maximum Gasteiger partial charge on any atom is 0.247 e. The molecule has 4 atom stereocenters. The topological polar surface area (TPSA) is 160 Å². The maximum atomic E-state index is 13.6. The standard InChI is InChI=1S/C46H61N7O6/c1-30(54)47-39(45(3,4)5)43(58)52-26-12-16-37(52)41(56)49-34-22-18-32(19-23-34)28-51(36-14-10-9-11-15-36)29-33-20-24-35(25-21-33)50-42(57)38-17-13-27-53(38)44(59)40(46(6,7)8)48-31(2)55/h9-11,14-15,18-25,37-40H,12-13,16-17,26-29H2,1-8H3,(H,47,54)(H,48,55)(H,49,56)(H,50,57). The number of carbonyl (C=O) groups is 6. The summed E-state index contributed by atoms with van der Waals surface area (Å²) in [5.41, 5.74) is 3.30. The Labute approximate surface area is 348 Å². The largest absolute Gasteiger partial charge is 0.363 e. The third-order valence-corrected chi connectivity index (χ3v) is 10.9. The summed E-state index contributed by atoms with van der Waals surface area (Å²) in [7, 11) is 0. The first-order chi connectivity index (χ1) is 27.8. The Balaban J connectivity index is 1.22. The summed E-state index contributed by atoms with van der Waals surface area (Å²) in [6.07, 6.45) is 2.50. The van der Waals surface area contributed by atoms with Crippen molar-refractivity contribution >= 4 is 52.5 Å². The molecule has 5 rings (SSSR count). The zero-order valence-electron chi connectivity index (χ0n) is 35.8. The van der Waals surface area contributed by atoms with Crippen molar-refractivity contribution in [1.29, 1.82) is 0 Å². The molecule has 4 unspecified atom stereocenters. The first kappa shape index (κ1) is 44.4. The SMILES string of the molecule is CC(=O)NC(C(=O)N1CCCC1C(=O)Nc1ccc(CN(Cc2ccc(NC(=O)C3CCCN3C(=O)C(NC(C)=O)C(C)(C)C)cc2)c2ccccc2)cc1)C(C)(C)C. The average molecular weight is 808 g/mol. The van der Waals surface area contributed by atoms with Crippen LogP contribution in [0.5, 0.6) is 0 Å². The Kier molecular flexibility index (Phi) is 14.2. The minimum absolute atomic E-state index is 0.250. The van der Waals surface area contributed by atoms with Crippen molar-refractivity contribution < 1.29 is 28.8 Å². The molecule has 0 aromatic heterocycles. The van der Waals surface area contributed by atoms with Crippen molar-refractivity contribution in [2.24, 2.45) is 10.8 Å². The molecule has 6 amide bonds. The minimum atomic E-state index is -0.740. The molecule has 59 heavy (non-hydrogen) atoms. The third-order valence-electron chi connectivity index (χ3n) is 10.9. The van der Waals surface area contributed by atoms with E-state index in [0.717, 1.165) is 16.8 Å². The van der Waals surface area contributed by atoms with Crippen LogP contribution >= 0.6 is 0 Å². The molecule has 316 valence electrons. The lowest BCUT2D eigenvalue weighted by Crippen LogP contribution is -2.56. The number of para-hydroxylation sites is 1. The van der Waals surface area contributed by atoms with Gasteiger partial charge in [0.25, 0.3) is 0 Å². The first-order valence-electron chi connectivity index (χ1n) is 20.6. The fourth-order valence-corrected chi connectivity index (χ4v) is 7.80. The molecule has 4 N–H and O–H groups in total. The molecule has 0 aliphatic carbocycles. The lowest BCUT2D eigenvalue weighted by Gasteiger charge is -2.35. The van der Waals surface area contributed by atoms with Crippen LogP contribution in [0.25, 0.3) is 0 Å². The van der Waals surface area contributed by atoms with Gasteiger partial charge in [0.05, 0.1) is 0 Å². The molecule has 2 aliphatic heterocycles. The monoisotopic (exact) mass is 807 g/mol. The van der Waals surface area contributed by atoms with Gasteiger partial charge in [-0.15, -0.1) is 0 Å². The molecule has 0 spiro atoms. The van der Waals surface area contributed by atoms with Crippen LogP contribution in [0.4, 0.5) is 17.1 Å². The van der Waals surface area contributed by atoms with Crippen LogP contribution in [0.2, 0.25) is 0 Å². The lowest BCUT2D eigenvalue weighted by atomic mass is 9.85. The van der Waals surface area contributed by atoms with Crippen LogP contribution in [-0.2, 0) is 41.9 Å². The minimum Gasteiger partial charge on any atom is -0.363 e. The number of anilines is 3. The van der Waals surface area contributed by atoms with Crippen LogP contribution < -0.4 is 26.2 Å². The van der Waals surface area contributed by atoms with Gasteiger partial charge in [0.15, 0.2) is 0 Å². The van der Waals surface area contributed by atoms with E-state index in [9.17, 15) is 28.8 Å². The van der Waals surface area contributed by atoms with Crippen molar-refractivity contribution in [3.8, 4) is 0 Å². The molecule has 3 aromatic rings. The van der Waals surface area contributed by atoms with Gasteiger partial charge in [0.2, 0.25) is 35.4 Å². The van der Waals surface area contributed by atoms with Gasteiger partial charge in [0, 0.05) is 57.1 Å². The highest BCUT2D eigenvalue weighted by Gasteiger charge is 2.43. The highest BCUT2D eigenvalue weighted by atomic mass is 16.2. The van der Waals surface area contributed by atoms with Crippen LogP contribution in [0.15, 0.2) is 78.9 Å². The van der Waals surface area contributed by atoms with E-state index < -0.39 is 35.0 Å². The predicted molar refractivity (Wildman–Crippen MR) is 230 cm³/mol. The highest BCUT2D eigenvalue weighted by Crippen LogP contribution is 2.29. The number of amides is 6. The van der Waals surface area contributed by atoms with Gasteiger partial charge in [-0.05, 0) is 84.0 Å². The number of hydrogen-bond acceptors (Lipinski definition) is 7. The van der Waals surface area contributed by atoms with Gasteiger partial charge in [0.1, 0.15) is 24.2 Å². The van der Waals surface area contributed by atoms with Gasteiger partial charge in [-0.2, -0.15) is 0 Å². The molecule has 0 saturated carbocycles. The summed E-state index contributed by atoms with van der Waals surface area (Å²) in [6.45, 7) is 16.2. The van der Waals surface area contributed by atoms with E-state index in [4.69, 9.17) is 0 Å². The summed E-state index contributed by atoms with van der Waals surface area (Å²) in [6, 6.07) is 22.7. The summed E-state index contributed by atoms with van der Waals surface area (Å²) in [4.78, 5) is 83.4. The fraction of sp³-hybridized carbons (Fsp3) is 0.478. The van der Waals surface area contributed by atoms with Gasteiger partial charge in [-0.1, -0.05) is 84.0 Å². The van der Waals surface area contributed by atoms with Crippen LogP contribution in [0.1, 0.15) is 92.2 Å². The van der Waals surface area contributed by atoms with E-state index in [1.165, 1.54) is 13.8 Å². The van der Waals surface area contributed by atoms with Crippen molar-refractivity contribution in [3.05, 3.63) is 90.0 Å². The van der Waals surface area contributed by atoms with Gasteiger partial charge < -0.3 is 36.0 Å².